The lowest BCUT2D eigenvalue weighted by Gasteiger charge is -2.45. The van der Waals surface area contributed by atoms with Gasteiger partial charge in [-0.25, -0.2) is 4.99 Å². The third kappa shape index (κ3) is 5.93. The maximum Gasteiger partial charge on any atom is 0.154 e. The van der Waals surface area contributed by atoms with Gasteiger partial charge in [-0.15, -0.1) is 0 Å². The summed E-state index contributed by atoms with van der Waals surface area (Å²) in [7, 11) is 0. The maximum atomic E-state index is 9.48. The molecule has 1 aliphatic carbocycles. The normalized spacial score (nSPS) is 13.3. The van der Waals surface area contributed by atoms with Gasteiger partial charge in [0.2, 0.25) is 0 Å². The van der Waals surface area contributed by atoms with E-state index in [1.165, 1.54) is 54.9 Å². The molecule has 0 unspecified atom stereocenters. The van der Waals surface area contributed by atoms with Crippen molar-refractivity contribution in [2.24, 2.45) is 4.99 Å². The zero-order valence-electron chi connectivity index (χ0n) is 36.5. The van der Waals surface area contributed by atoms with Crippen molar-refractivity contribution in [3.05, 3.63) is 276 Å². The molecule has 0 saturated carbocycles. The smallest absolute Gasteiger partial charge is 0.154 e. The third-order valence-corrected chi connectivity index (χ3v) is 13.9. The highest BCUT2D eigenvalue weighted by Crippen LogP contribution is 2.66. The molecule has 11 aromatic rings. The number of aromatic amines is 1. The van der Waals surface area contributed by atoms with E-state index in [1.807, 2.05) is 36.5 Å². The Morgan fingerprint density at radius 1 is 0.418 bits per heavy atom. The molecule has 0 atom stereocenters. The minimum Gasteiger partial charge on any atom is -0.345 e. The van der Waals surface area contributed by atoms with Gasteiger partial charge in [-0.1, -0.05) is 194 Å². The number of fused-ring (bicyclic) bond motifs is 14. The molecule has 2 N–H and O–H groups in total. The van der Waals surface area contributed by atoms with Crippen LogP contribution in [0.25, 0.3) is 66.1 Å². The van der Waals surface area contributed by atoms with Crippen LogP contribution in [0.3, 0.4) is 0 Å². The average Bonchev–Trinajstić information content (AvgIpc) is 3.71. The molecule has 4 nitrogen and oxygen atoms in total. The monoisotopic (exact) mass is 854 g/mol. The van der Waals surface area contributed by atoms with Crippen LogP contribution >= 0.6 is 0 Å². The number of benzene rings is 10. The highest BCUT2D eigenvalue weighted by molar-refractivity contribution is 6.20. The van der Waals surface area contributed by atoms with Gasteiger partial charge in [0.25, 0.3) is 0 Å². The fourth-order valence-electron chi connectivity index (χ4n) is 11.1. The molecule has 0 amide bonds. The van der Waals surface area contributed by atoms with Crippen molar-refractivity contribution in [2.45, 2.75) is 5.41 Å². The van der Waals surface area contributed by atoms with Crippen LogP contribution in [0.15, 0.2) is 248 Å². The summed E-state index contributed by atoms with van der Waals surface area (Å²) in [6, 6.07) is 84.9. The van der Waals surface area contributed by atoms with Crippen molar-refractivity contribution in [2.75, 3.05) is 4.90 Å². The molecule has 67 heavy (non-hydrogen) atoms. The van der Waals surface area contributed by atoms with Gasteiger partial charge in [0, 0.05) is 23.0 Å². The highest BCUT2D eigenvalue weighted by Gasteiger charge is 2.53. The first kappa shape index (κ1) is 38.6. The molecule has 0 saturated heterocycles. The van der Waals surface area contributed by atoms with Crippen molar-refractivity contribution >= 4 is 44.4 Å². The van der Waals surface area contributed by atoms with Crippen LogP contribution in [-0.4, -0.2) is 10.8 Å². The van der Waals surface area contributed by atoms with Crippen molar-refractivity contribution in [3.63, 3.8) is 0 Å². The fraction of sp³-hybridized carbons (Fsp3) is 0.0159. The molecule has 2 aliphatic rings. The van der Waals surface area contributed by atoms with Gasteiger partial charge in [-0.3, -0.25) is 5.41 Å². The number of anilines is 3. The molecule has 0 radical (unpaired) electrons. The largest absolute Gasteiger partial charge is 0.345 e. The molecule has 0 bridgehead atoms. The number of pyridine rings is 1. The topological polar surface area (TPSA) is 55.2 Å². The molecule has 13 rings (SSSR count). The van der Waals surface area contributed by atoms with Gasteiger partial charge in [-0.2, -0.15) is 0 Å². The molecule has 10 aromatic carbocycles. The van der Waals surface area contributed by atoms with Crippen LogP contribution in [0.4, 0.5) is 17.1 Å². The average molecular weight is 855 g/mol. The Hall–Kier alpha value is -8.86. The van der Waals surface area contributed by atoms with E-state index in [0.29, 0.717) is 5.49 Å². The van der Waals surface area contributed by atoms with E-state index in [1.54, 1.807) is 0 Å². The van der Waals surface area contributed by atoms with E-state index in [-0.39, 0.29) is 5.84 Å². The zero-order chi connectivity index (χ0) is 44.5. The summed E-state index contributed by atoms with van der Waals surface area (Å²) in [5.74, 6) is 0.182. The minimum absolute atomic E-state index is 0.182. The second-order valence-electron chi connectivity index (χ2n) is 17.5. The number of hydrogen-bond donors (Lipinski definition) is 2. The zero-order valence-corrected chi connectivity index (χ0v) is 36.5. The van der Waals surface area contributed by atoms with E-state index in [4.69, 9.17) is 4.99 Å². The predicted octanol–water partition coefficient (Wildman–Crippen LogP) is 15.4. The Kier molecular flexibility index (Phi) is 8.87. The van der Waals surface area contributed by atoms with Gasteiger partial charge >= 0.3 is 0 Å². The Bertz CT molecular complexity index is 3780. The molecule has 1 spiro atoms. The number of rotatable bonds is 5. The third-order valence-electron chi connectivity index (χ3n) is 13.9. The van der Waals surface area contributed by atoms with Crippen molar-refractivity contribution in [1.82, 2.24) is 4.98 Å². The summed E-state index contributed by atoms with van der Waals surface area (Å²) in [5, 5.41) is 14.5. The Morgan fingerprint density at radius 2 is 0.970 bits per heavy atom. The van der Waals surface area contributed by atoms with Gasteiger partial charge in [0.05, 0.1) is 16.8 Å². The summed E-state index contributed by atoms with van der Waals surface area (Å²) in [5.41, 5.74) is 18.0. The molecule has 314 valence electrons. The summed E-state index contributed by atoms with van der Waals surface area (Å²) in [4.78, 5) is 10.9. The summed E-state index contributed by atoms with van der Waals surface area (Å²) in [6.45, 7) is 0. The lowest BCUT2D eigenvalue weighted by Crippen LogP contribution is -2.36. The maximum absolute atomic E-state index is 9.48. The van der Waals surface area contributed by atoms with Gasteiger partial charge in [0.1, 0.15) is 5.49 Å². The predicted molar refractivity (Wildman–Crippen MR) is 276 cm³/mol. The number of H-pyrrole nitrogens is 1. The standard InChI is InChI=1S/C63H42N4/c64-61(66-62-53(42-21-6-2-7-22-42)38-46(40-65-62)41-19-4-1-5-20-41)45-24-18-23-43(37-45)44-35-36-52-56(39-44)63(60-51-30-13-11-28-49(51)48-27-10-12-29-50(48)59(52)60)54-31-14-16-33-57(54)67(47-25-8-3-9-26-47)58-34-17-15-32-55(58)63/h1-40H,(H2,64,65,66). The number of hydrogen-bond acceptors (Lipinski definition) is 2. The van der Waals surface area contributed by atoms with Gasteiger partial charge < -0.3 is 9.88 Å². The van der Waals surface area contributed by atoms with E-state index in [9.17, 15) is 5.41 Å². The number of nitrogens with zero attached hydrogens (tertiary/aromatic N) is 2. The van der Waals surface area contributed by atoms with Crippen LogP contribution in [-0.2, 0) is 5.41 Å². The van der Waals surface area contributed by atoms with E-state index in [2.05, 4.69) is 216 Å². The molecular weight excluding hydrogens is 813 g/mol. The molecular formula is C63H42N4. The van der Waals surface area contributed by atoms with Crippen molar-refractivity contribution in [1.29, 1.82) is 5.41 Å². The van der Waals surface area contributed by atoms with Crippen LogP contribution in [0.2, 0.25) is 0 Å². The Labute approximate surface area is 389 Å². The first-order valence-corrected chi connectivity index (χ1v) is 22.9. The van der Waals surface area contributed by atoms with Crippen molar-refractivity contribution < 1.29 is 0 Å². The fourth-order valence-corrected chi connectivity index (χ4v) is 11.1. The summed E-state index contributed by atoms with van der Waals surface area (Å²) in [6.07, 6.45) is 1.98. The Balaban J connectivity index is 1.02. The molecule has 2 heterocycles. The van der Waals surface area contributed by atoms with Gasteiger partial charge in [-0.05, 0) is 125 Å². The minimum atomic E-state index is -0.669. The van der Waals surface area contributed by atoms with E-state index < -0.39 is 5.41 Å². The van der Waals surface area contributed by atoms with Crippen LogP contribution in [0.5, 0.6) is 0 Å². The molecule has 1 aromatic heterocycles. The summed E-state index contributed by atoms with van der Waals surface area (Å²) < 4.78 is 0. The molecule has 4 heteroatoms. The van der Waals surface area contributed by atoms with Crippen molar-refractivity contribution in [3.8, 4) is 44.5 Å². The molecule has 1 aliphatic heterocycles. The second kappa shape index (κ2) is 15.4. The quantitative estimate of drug-likeness (QED) is 0.101. The van der Waals surface area contributed by atoms with Crippen LogP contribution in [0.1, 0.15) is 27.8 Å². The van der Waals surface area contributed by atoms with Crippen LogP contribution in [0, 0.1) is 5.41 Å². The number of amidine groups is 1. The first-order chi connectivity index (χ1) is 33.2. The first-order valence-electron chi connectivity index (χ1n) is 22.9. The lowest BCUT2D eigenvalue weighted by molar-refractivity contribution is 0.759. The SMILES string of the molecule is N=C(N=c1[nH]cc(-c2ccccc2)cc1-c1ccccc1)c1cccc(-c2ccc3c(c2)C2(c4ccccc4N(c4ccccc4)c4ccccc42)c2c-3c3ccccc3c3ccccc23)c1. The van der Waals surface area contributed by atoms with Crippen LogP contribution < -0.4 is 10.4 Å². The lowest BCUT2D eigenvalue weighted by atomic mass is 9.63. The highest BCUT2D eigenvalue weighted by atomic mass is 15.2. The Morgan fingerprint density at radius 3 is 1.67 bits per heavy atom. The number of aromatic nitrogens is 1. The van der Waals surface area contributed by atoms with E-state index >= 15 is 0 Å². The molecule has 0 fully saturated rings. The number of nitrogens with one attached hydrogen (secondary N) is 2. The van der Waals surface area contributed by atoms with E-state index in [0.717, 1.165) is 56.0 Å². The number of para-hydroxylation sites is 3. The summed E-state index contributed by atoms with van der Waals surface area (Å²) >= 11 is 0. The van der Waals surface area contributed by atoms with Gasteiger partial charge in [0.15, 0.2) is 5.84 Å². The second-order valence-corrected chi connectivity index (χ2v) is 17.5.